The van der Waals surface area contributed by atoms with Crippen molar-refractivity contribution < 1.29 is 4.79 Å². The molecule has 0 saturated heterocycles. The van der Waals surface area contributed by atoms with Gasteiger partial charge in [0, 0.05) is 5.92 Å². The lowest BCUT2D eigenvalue weighted by molar-refractivity contribution is -0.125. The van der Waals surface area contributed by atoms with Crippen LogP contribution in [0.5, 0.6) is 0 Å². The van der Waals surface area contributed by atoms with Crippen LogP contribution in [0.25, 0.3) is 0 Å². The van der Waals surface area contributed by atoms with Crippen LogP contribution >= 0.6 is 0 Å². The summed E-state index contributed by atoms with van der Waals surface area (Å²) in [5, 5.41) is 3.22. The number of hydrogen-bond donors (Lipinski definition) is 2. The summed E-state index contributed by atoms with van der Waals surface area (Å²) < 4.78 is 0. The Bertz CT molecular complexity index is 400. The van der Waals surface area contributed by atoms with Gasteiger partial charge in [0.15, 0.2) is 0 Å². The monoisotopic (exact) mass is 260 g/mol. The molecule has 0 aliphatic heterocycles. The summed E-state index contributed by atoms with van der Waals surface area (Å²) in [5.41, 5.74) is 6.72. The third-order valence-electron chi connectivity index (χ3n) is 3.84. The van der Waals surface area contributed by atoms with Gasteiger partial charge in [0.25, 0.3) is 0 Å². The molecule has 1 saturated carbocycles. The molecule has 0 radical (unpaired) electrons. The van der Waals surface area contributed by atoms with Crippen molar-refractivity contribution in [2.45, 2.75) is 38.6 Å². The first-order chi connectivity index (χ1) is 9.22. The molecule has 1 aromatic carbocycles. The van der Waals surface area contributed by atoms with E-state index in [2.05, 4.69) is 17.4 Å². The molecule has 0 bridgehead atoms. The molecule has 1 aliphatic carbocycles. The van der Waals surface area contributed by atoms with E-state index in [0.717, 1.165) is 12.8 Å². The molecule has 1 aromatic rings. The Morgan fingerprint density at radius 3 is 2.63 bits per heavy atom. The van der Waals surface area contributed by atoms with Crippen LogP contribution in [-0.2, 0) is 4.79 Å². The van der Waals surface area contributed by atoms with Gasteiger partial charge in [-0.1, -0.05) is 37.3 Å². The van der Waals surface area contributed by atoms with Crippen molar-refractivity contribution in [1.29, 1.82) is 0 Å². The minimum atomic E-state index is 0.0495. The topological polar surface area (TPSA) is 55.1 Å². The fourth-order valence-electron chi connectivity index (χ4n) is 2.41. The quantitative estimate of drug-likeness (QED) is 0.792. The van der Waals surface area contributed by atoms with Crippen LogP contribution in [0.15, 0.2) is 30.3 Å². The first-order valence-corrected chi connectivity index (χ1v) is 7.27. The van der Waals surface area contributed by atoms with Crippen molar-refractivity contribution >= 4 is 5.91 Å². The molecule has 1 fully saturated rings. The van der Waals surface area contributed by atoms with Crippen LogP contribution in [0.4, 0.5) is 0 Å². The van der Waals surface area contributed by atoms with Gasteiger partial charge in [-0.15, -0.1) is 0 Å². The zero-order valence-electron chi connectivity index (χ0n) is 11.6. The lowest BCUT2D eigenvalue weighted by Crippen LogP contribution is -2.34. The summed E-state index contributed by atoms with van der Waals surface area (Å²) in [4.78, 5) is 12.2. The molecule has 3 N–H and O–H groups in total. The number of nitrogens with one attached hydrogen (secondary N) is 1. The van der Waals surface area contributed by atoms with E-state index in [-0.39, 0.29) is 17.9 Å². The largest absolute Gasteiger partial charge is 0.349 e. The fourth-order valence-corrected chi connectivity index (χ4v) is 2.41. The summed E-state index contributed by atoms with van der Waals surface area (Å²) in [7, 11) is 0. The van der Waals surface area contributed by atoms with E-state index in [4.69, 9.17) is 5.73 Å². The van der Waals surface area contributed by atoms with E-state index in [0.29, 0.717) is 12.5 Å². The maximum absolute atomic E-state index is 12.2. The zero-order chi connectivity index (χ0) is 13.7. The van der Waals surface area contributed by atoms with Crippen LogP contribution in [0.3, 0.4) is 0 Å². The molecular formula is C16H24N2O. The van der Waals surface area contributed by atoms with E-state index in [1.165, 1.54) is 18.4 Å². The van der Waals surface area contributed by atoms with Gasteiger partial charge in [0.1, 0.15) is 0 Å². The van der Waals surface area contributed by atoms with Crippen molar-refractivity contribution in [1.82, 2.24) is 5.32 Å². The average molecular weight is 260 g/mol. The van der Waals surface area contributed by atoms with Crippen LogP contribution in [0, 0.1) is 11.8 Å². The van der Waals surface area contributed by atoms with Gasteiger partial charge in [-0.25, -0.2) is 0 Å². The molecule has 3 nitrogen and oxygen atoms in total. The lowest BCUT2D eigenvalue weighted by atomic mass is 9.99. The van der Waals surface area contributed by atoms with Gasteiger partial charge >= 0.3 is 0 Å². The molecular weight excluding hydrogens is 236 g/mol. The standard InChI is InChI=1S/C16H24N2O/c1-12(6-5-11-17)16(19)18-15(14-9-10-14)13-7-3-2-4-8-13/h2-4,7-8,12,14-15H,5-6,9-11,17H2,1H3,(H,18,19). The first-order valence-electron chi connectivity index (χ1n) is 7.27. The number of benzene rings is 1. The van der Waals surface area contributed by atoms with Crippen LogP contribution in [0.1, 0.15) is 44.2 Å². The SMILES string of the molecule is CC(CCCN)C(=O)NC(c1ccccc1)C1CC1. The molecule has 19 heavy (non-hydrogen) atoms. The minimum Gasteiger partial charge on any atom is -0.349 e. The average Bonchev–Trinajstić information content (AvgIpc) is 3.27. The predicted molar refractivity (Wildman–Crippen MR) is 77.5 cm³/mol. The number of nitrogens with two attached hydrogens (primary N) is 1. The van der Waals surface area contributed by atoms with Gasteiger partial charge in [0.2, 0.25) is 5.91 Å². The Labute approximate surface area is 115 Å². The molecule has 104 valence electrons. The first kappa shape index (κ1) is 14.1. The van der Waals surface area contributed by atoms with E-state index < -0.39 is 0 Å². The zero-order valence-corrected chi connectivity index (χ0v) is 11.6. The number of carbonyl (C=O) groups excluding carboxylic acids is 1. The third kappa shape index (κ3) is 4.06. The molecule has 1 aliphatic rings. The maximum atomic E-state index is 12.2. The van der Waals surface area contributed by atoms with Gasteiger partial charge in [-0.05, 0) is 43.7 Å². The number of rotatable bonds is 7. The molecule has 0 heterocycles. The van der Waals surface area contributed by atoms with E-state index in [9.17, 15) is 4.79 Å². The molecule has 2 unspecified atom stereocenters. The Kier molecular flexibility index (Phi) is 4.97. The second-order valence-corrected chi connectivity index (χ2v) is 5.57. The van der Waals surface area contributed by atoms with Gasteiger partial charge < -0.3 is 11.1 Å². The minimum absolute atomic E-state index is 0.0495. The summed E-state index contributed by atoms with van der Waals surface area (Å²) in [6.45, 7) is 2.64. The lowest BCUT2D eigenvalue weighted by Gasteiger charge is -2.21. The van der Waals surface area contributed by atoms with Crippen molar-refractivity contribution in [3.63, 3.8) is 0 Å². The van der Waals surface area contributed by atoms with Crippen molar-refractivity contribution in [2.24, 2.45) is 17.6 Å². The fraction of sp³-hybridized carbons (Fsp3) is 0.562. The second kappa shape index (κ2) is 6.71. The summed E-state index contributed by atoms with van der Waals surface area (Å²) in [6.07, 6.45) is 4.22. The summed E-state index contributed by atoms with van der Waals surface area (Å²) in [5.74, 6) is 0.829. The number of amides is 1. The van der Waals surface area contributed by atoms with Crippen LogP contribution in [0.2, 0.25) is 0 Å². The highest BCUT2D eigenvalue weighted by Gasteiger charge is 2.33. The second-order valence-electron chi connectivity index (χ2n) is 5.57. The van der Waals surface area contributed by atoms with E-state index >= 15 is 0 Å². The predicted octanol–water partition coefficient (Wildman–Crippen LogP) is 2.63. The van der Waals surface area contributed by atoms with Crippen molar-refractivity contribution in [3.8, 4) is 0 Å². The molecule has 0 spiro atoms. The summed E-state index contributed by atoms with van der Waals surface area (Å²) >= 11 is 0. The molecule has 2 rings (SSSR count). The Morgan fingerprint density at radius 1 is 1.37 bits per heavy atom. The smallest absolute Gasteiger partial charge is 0.223 e. The Balaban J connectivity index is 1.96. The highest BCUT2D eigenvalue weighted by atomic mass is 16.1. The van der Waals surface area contributed by atoms with Crippen LogP contribution in [-0.4, -0.2) is 12.5 Å². The summed E-state index contributed by atoms with van der Waals surface area (Å²) in [6, 6.07) is 10.5. The number of hydrogen-bond acceptors (Lipinski definition) is 2. The highest BCUT2D eigenvalue weighted by Crippen LogP contribution is 2.41. The van der Waals surface area contributed by atoms with E-state index in [1.807, 2.05) is 25.1 Å². The van der Waals surface area contributed by atoms with Gasteiger partial charge in [-0.2, -0.15) is 0 Å². The molecule has 2 atom stereocenters. The van der Waals surface area contributed by atoms with Gasteiger partial charge in [-0.3, -0.25) is 4.79 Å². The molecule has 3 heteroatoms. The normalized spacial score (nSPS) is 17.8. The van der Waals surface area contributed by atoms with Gasteiger partial charge in [0.05, 0.1) is 6.04 Å². The molecule has 1 amide bonds. The Hall–Kier alpha value is -1.35. The number of carbonyl (C=O) groups is 1. The van der Waals surface area contributed by atoms with Crippen LogP contribution < -0.4 is 11.1 Å². The van der Waals surface area contributed by atoms with Crippen molar-refractivity contribution in [3.05, 3.63) is 35.9 Å². The van der Waals surface area contributed by atoms with Crippen molar-refractivity contribution in [2.75, 3.05) is 6.54 Å². The Morgan fingerprint density at radius 2 is 2.05 bits per heavy atom. The van der Waals surface area contributed by atoms with E-state index in [1.54, 1.807) is 0 Å². The third-order valence-corrected chi connectivity index (χ3v) is 3.84. The maximum Gasteiger partial charge on any atom is 0.223 e. The molecule has 0 aromatic heterocycles. The highest BCUT2D eigenvalue weighted by molar-refractivity contribution is 5.78.